The molecular formula is C21H23N5O3. The number of nitrogens with two attached hydrogens (primary N) is 1. The van der Waals surface area contributed by atoms with Crippen LogP contribution in [0.25, 0.3) is 22.4 Å². The van der Waals surface area contributed by atoms with Gasteiger partial charge < -0.3 is 20.4 Å². The molecule has 1 saturated heterocycles. The molecule has 3 N–H and O–H groups in total. The third kappa shape index (κ3) is 3.97. The number of carbonyl (C=O) groups excluding carboxylic acids is 2. The molecule has 2 aromatic heterocycles. The Bertz CT molecular complexity index is 1050. The predicted octanol–water partition coefficient (Wildman–Crippen LogP) is 2.18. The van der Waals surface area contributed by atoms with Gasteiger partial charge in [0.1, 0.15) is 24.1 Å². The van der Waals surface area contributed by atoms with Crippen molar-refractivity contribution < 1.29 is 14.3 Å². The van der Waals surface area contributed by atoms with Crippen LogP contribution in [-0.2, 0) is 20.9 Å². The lowest BCUT2D eigenvalue weighted by Crippen LogP contribution is -2.40. The average Bonchev–Trinajstić information content (AvgIpc) is 3.34. The molecule has 0 radical (unpaired) electrons. The van der Waals surface area contributed by atoms with Crippen LogP contribution in [0.4, 0.5) is 5.82 Å². The molecule has 1 atom stereocenters. The summed E-state index contributed by atoms with van der Waals surface area (Å²) in [5.41, 5.74) is 7.96. The Morgan fingerprint density at radius 2 is 2.07 bits per heavy atom. The summed E-state index contributed by atoms with van der Waals surface area (Å²) in [6, 6.07) is 11.2. The molecule has 0 saturated carbocycles. The van der Waals surface area contributed by atoms with Gasteiger partial charge >= 0.3 is 0 Å². The van der Waals surface area contributed by atoms with Crippen LogP contribution in [0.2, 0.25) is 0 Å². The number of hydrogen-bond acceptors (Lipinski definition) is 6. The number of primary amides is 1. The first kappa shape index (κ1) is 19.1. The number of aromatic nitrogens is 3. The van der Waals surface area contributed by atoms with E-state index in [4.69, 9.17) is 15.5 Å². The topological polar surface area (TPSA) is 114 Å². The SMILES string of the molecule is CC(=O)COCc1cc2c(N3CCC[C@H]3C(N)=O)nc(-c3ccccc3)nc2[nH]1. The van der Waals surface area contributed by atoms with E-state index in [1.807, 2.05) is 41.3 Å². The molecule has 1 amide bonds. The summed E-state index contributed by atoms with van der Waals surface area (Å²) in [5.74, 6) is 0.871. The minimum Gasteiger partial charge on any atom is -0.368 e. The van der Waals surface area contributed by atoms with E-state index >= 15 is 0 Å². The molecule has 0 aliphatic carbocycles. The van der Waals surface area contributed by atoms with Gasteiger partial charge in [0.25, 0.3) is 0 Å². The fourth-order valence-electron chi connectivity index (χ4n) is 3.68. The summed E-state index contributed by atoms with van der Waals surface area (Å²) in [4.78, 5) is 37.8. The molecule has 0 spiro atoms. The molecule has 1 fully saturated rings. The van der Waals surface area contributed by atoms with E-state index in [0.29, 0.717) is 30.3 Å². The zero-order valence-electron chi connectivity index (χ0n) is 16.2. The molecule has 150 valence electrons. The first-order valence-electron chi connectivity index (χ1n) is 9.61. The summed E-state index contributed by atoms with van der Waals surface area (Å²) in [5, 5.41) is 0.805. The van der Waals surface area contributed by atoms with Gasteiger partial charge in [0.2, 0.25) is 5.91 Å². The Kier molecular flexibility index (Phi) is 5.26. The Labute approximate surface area is 168 Å². The summed E-state index contributed by atoms with van der Waals surface area (Å²) in [6.45, 7) is 2.50. The van der Waals surface area contributed by atoms with E-state index in [1.54, 1.807) is 0 Å². The number of rotatable bonds is 7. The molecule has 1 aromatic carbocycles. The summed E-state index contributed by atoms with van der Waals surface area (Å²) in [6.07, 6.45) is 1.58. The van der Waals surface area contributed by atoms with E-state index in [2.05, 4.69) is 9.97 Å². The van der Waals surface area contributed by atoms with Gasteiger partial charge in [-0.05, 0) is 25.8 Å². The Morgan fingerprint density at radius 1 is 1.28 bits per heavy atom. The van der Waals surface area contributed by atoms with Crippen molar-refractivity contribution in [2.45, 2.75) is 32.4 Å². The van der Waals surface area contributed by atoms with Gasteiger partial charge in [-0.2, -0.15) is 0 Å². The van der Waals surface area contributed by atoms with E-state index < -0.39 is 0 Å². The quantitative estimate of drug-likeness (QED) is 0.636. The highest BCUT2D eigenvalue weighted by Crippen LogP contribution is 2.32. The Morgan fingerprint density at radius 3 is 2.79 bits per heavy atom. The Balaban J connectivity index is 1.79. The van der Waals surface area contributed by atoms with Crippen molar-refractivity contribution in [3.05, 3.63) is 42.1 Å². The third-order valence-electron chi connectivity index (χ3n) is 4.97. The molecular weight excluding hydrogens is 370 g/mol. The number of benzene rings is 1. The standard InChI is InChI=1S/C21H23N5O3/c1-13(27)11-29-12-15-10-16-20(23-15)24-19(14-6-3-2-4-7-14)25-21(16)26-9-5-8-17(26)18(22)28/h2-4,6-7,10,17H,5,8-9,11-12H2,1H3,(H2,22,28)(H,23,24,25)/t17-/m0/s1. The zero-order chi connectivity index (χ0) is 20.4. The van der Waals surface area contributed by atoms with Crippen molar-refractivity contribution in [3.63, 3.8) is 0 Å². The fraction of sp³-hybridized carbons (Fsp3) is 0.333. The maximum Gasteiger partial charge on any atom is 0.240 e. The number of Topliss-reactive ketones (excluding diaryl/α,β-unsaturated/α-hetero) is 1. The zero-order valence-corrected chi connectivity index (χ0v) is 16.2. The lowest BCUT2D eigenvalue weighted by molar-refractivity contribution is -0.122. The van der Waals surface area contributed by atoms with Gasteiger partial charge in [-0.15, -0.1) is 0 Å². The number of anilines is 1. The van der Waals surface area contributed by atoms with Crippen LogP contribution in [0.3, 0.4) is 0 Å². The third-order valence-corrected chi connectivity index (χ3v) is 4.97. The van der Waals surface area contributed by atoms with E-state index in [9.17, 15) is 9.59 Å². The first-order chi connectivity index (χ1) is 14.0. The van der Waals surface area contributed by atoms with Gasteiger partial charge in [0, 0.05) is 17.8 Å². The minimum atomic E-state index is -0.385. The van der Waals surface area contributed by atoms with E-state index in [1.165, 1.54) is 6.92 Å². The lowest BCUT2D eigenvalue weighted by atomic mass is 10.2. The van der Waals surface area contributed by atoms with Gasteiger partial charge in [-0.1, -0.05) is 30.3 Å². The van der Waals surface area contributed by atoms with Gasteiger partial charge in [-0.25, -0.2) is 9.97 Å². The molecule has 3 aromatic rings. The molecule has 0 unspecified atom stereocenters. The maximum atomic E-state index is 12.0. The number of nitrogens with one attached hydrogen (secondary N) is 1. The number of hydrogen-bond donors (Lipinski definition) is 2. The van der Waals surface area contributed by atoms with Crippen LogP contribution >= 0.6 is 0 Å². The number of ether oxygens (including phenoxy) is 1. The number of aromatic amines is 1. The van der Waals surface area contributed by atoms with Crippen molar-refractivity contribution in [2.24, 2.45) is 5.73 Å². The number of fused-ring (bicyclic) bond motifs is 1. The molecule has 1 aliphatic heterocycles. The molecule has 8 nitrogen and oxygen atoms in total. The number of nitrogens with zero attached hydrogens (tertiary/aromatic N) is 3. The van der Waals surface area contributed by atoms with Gasteiger partial charge in [0.05, 0.1) is 12.0 Å². The van der Waals surface area contributed by atoms with Crippen molar-refractivity contribution in [3.8, 4) is 11.4 Å². The molecule has 29 heavy (non-hydrogen) atoms. The lowest BCUT2D eigenvalue weighted by Gasteiger charge is -2.24. The molecule has 8 heteroatoms. The van der Waals surface area contributed by atoms with Crippen molar-refractivity contribution in [2.75, 3.05) is 18.1 Å². The van der Waals surface area contributed by atoms with Gasteiger partial charge in [0.15, 0.2) is 11.6 Å². The second-order valence-corrected chi connectivity index (χ2v) is 7.24. The van der Waals surface area contributed by atoms with Crippen LogP contribution < -0.4 is 10.6 Å². The summed E-state index contributed by atoms with van der Waals surface area (Å²) in [7, 11) is 0. The first-order valence-corrected chi connectivity index (χ1v) is 9.61. The second kappa shape index (κ2) is 8.00. The fourth-order valence-corrected chi connectivity index (χ4v) is 3.68. The molecule has 0 bridgehead atoms. The van der Waals surface area contributed by atoms with Crippen LogP contribution in [0.1, 0.15) is 25.5 Å². The molecule has 3 heterocycles. The average molecular weight is 393 g/mol. The predicted molar refractivity (Wildman–Crippen MR) is 109 cm³/mol. The number of H-pyrrole nitrogens is 1. The van der Waals surface area contributed by atoms with Crippen LogP contribution in [0.15, 0.2) is 36.4 Å². The highest BCUT2D eigenvalue weighted by Gasteiger charge is 2.32. The number of ketones is 1. The van der Waals surface area contributed by atoms with Crippen molar-refractivity contribution >= 4 is 28.5 Å². The molecule has 4 rings (SSSR count). The van der Waals surface area contributed by atoms with E-state index in [0.717, 1.165) is 23.1 Å². The van der Waals surface area contributed by atoms with Crippen molar-refractivity contribution in [1.29, 1.82) is 0 Å². The largest absolute Gasteiger partial charge is 0.368 e. The second-order valence-electron chi connectivity index (χ2n) is 7.24. The minimum absolute atomic E-state index is 0.0330. The van der Waals surface area contributed by atoms with Crippen LogP contribution in [-0.4, -0.2) is 45.8 Å². The van der Waals surface area contributed by atoms with Crippen molar-refractivity contribution in [1.82, 2.24) is 15.0 Å². The molecule has 1 aliphatic rings. The van der Waals surface area contributed by atoms with Crippen LogP contribution in [0.5, 0.6) is 0 Å². The number of amides is 1. The highest BCUT2D eigenvalue weighted by atomic mass is 16.5. The highest BCUT2D eigenvalue weighted by molar-refractivity contribution is 5.93. The van der Waals surface area contributed by atoms with Crippen LogP contribution in [0, 0.1) is 0 Å². The smallest absolute Gasteiger partial charge is 0.240 e. The normalized spacial score (nSPS) is 16.4. The summed E-state index contributed by atoms with van der Waals surface area (Å²) >= 11 is 0. The summed E-state index contributed by atoms with van der Waals surface area (Å²) < 4.78 is 5.43. The maximum absolute atomic E-state index is 12.0. The van der Waals surface area contributed by atoms with E-state index in [-0.39, 0.29) is 30.9 Å². The van der Waals surface area contributed by atoms with Gasteiger partial charge in [-0.3, -0.25) is 9.59 Å². The number of carbonyl (C=O) groups is 2. The Hall–Kier alpha value is -3.26. The monoisotopic (exact) mass is 393 g/mol.